The number of rotatable bonds is 6. The molecule has 3 aromatic heterocycles. The van der Waals surface area contributed by atoms with E-state index in [1.54, 1.807) is 0 Å². The minimum absolute atomic E-state index is 0.0845. The summed E-state index contributed by atoms with van der Waals surface area (Å²) in [7, 11) is 0. The van der Waals surface area contributed by atoms with Gasteiger partial charge in [0, 0.05) is 25.2 Å². The van der Waals surface area contributed by atoms with Crippen molar-refractivity contribution in [2.45, 2.75) is 19.6 Å². The van der Waals surface area contributed by atoms with Crippen LogP contribution in [0.3, 0.4) is 0 Å². The smallest absolute Gasteiger partial charge is 0.382 e. The molecule has 0 radical (unpaired) electrons. The molecule has 11 nitrogen and oxygen atoms in total. The Morgan fingerprint density at radius 1 is 1.12 bits per heavy atom. The van der Waals surface area contributed by atoms with Gasteiger partial charge in [-0.1, -0.05) is 12.1 Å². The first-order valence-corrected chi connectivity index (χ1v) is 12.4. The van der Waals surface area contributed by atoms with Crippen molar-refractivity contribution in [3.63, 3.8) is 0 Å². The van der Waals surface area contributed by atoms with Crippen LogP contribution in [-0.2, 0) is 17.5 Å². The first kappa shape index (κ1) is 27.9. The van der Waals surface area contributed by atoms with E-state index in [0.717, 1.165) is 24.3 Å². The van der Waals surface area contributed by atoms with E-state index in [-0.39, 0.29) is 28.7 Å². The summed E-state index contributed by atoms with van der Waals surface area (Å²) < 4.78 is 61.0. The van der Waals surface area contributed by atoms with Crippen molar-refractivity contribution in [3.8, 4) is 11.1 Å². The van der Waals surface area contributed by atoms with Gasteiger partial charge in [-0.15, -0.1) is 0 Å². The summed E-state index contributed by atoms with van der Waals surface area (Å²) in [5.74, 6) is -1.44. The number of hydrogen-bond acceptors (Lipinski definition) is 8. The second kappa shape index (κ2) is 11.1. The lowest BCUT2D eigenvalue weighted by Gasteiger charge is -2.26. The van der Waals surface area contributed by atoms with Crippen LogP contribution in [0, 0.1) is 5.82 Å². The van der Waals surface area contributed by atoms with Crippen LogP contribution in [0.2, 0.25) is 0 Å². The van der Waals surface area contributed by atoms with Gasteiger partial charge in [0.1, 0.15) is 29.2 Å². The SMILES string of the molecule is CC(=O)c1c(-c2ccc(NC(=O)Nc3cccc(C(F)(F)F)n3)c(F)c2)c2c(N)ncnn2c1CN1CCOCC1. The number of benzene rings is 1. The fraction of sp³-hybridized carbons (Fsp3) is 0.269. The number of aromatic nitrogens is 4. The maximum Gasteiger partial charge on any atom is 0.433 e. The molecule has 1 saturated heterocycles. The molecule has 4 N–H and O–H groups in total. The van der Waals surface area contributed by atoms with Crippen molar-refractivity contribution in [1.29, 1.82) is 0 Å². The number of Topliss-reactive ketones (excluding diaryl/α,β-unsaturated/α-hetero) is 1. The number of halogens is 4. The fourth-order valence-corrected chi connectivity index (χ4v) is 4.66. The number of carbonyl (C=O) groups excluding carboxylic acids is 2. The number of carbonyl (C=O) groups is 2. The van der Waals surface area contributed by atoms with Crippen molar-refractivity contribution in [1.82, 2.24) is 24.5 Å². The quantitative estimate of drug-likeness (QED) is 0.231. The van der Waals surface area contributed by atoms with Crippen molar-refractivity contribution in [2.75, 3.05) is 42.7 Å². The number of urea groups is 1. The summed E-state index contributed by atoms with van der Waals surface area (Å²) in [5, 5.41) is 8.72. The van der Waals surface area contributed by atoms with Crippen LogP contribution in [-0.4, -0.2) is 62.6 Å². The largest absolute Gasteiger partial charge is 0.433 e. The highest BCUT2D eigenvalue weighted by atomic mass is 19.4. The monoisotopic (exact) mass is 572 g/mol. The van der Waals surface area contributed by atoms with Gasteiger partial charge in [0.15, 0.2) is 11.6 Å². The van der Waals surface area contributed by atoms with E-state index in [1.807, 2.05) is 0 Å². The maximum absolute atomic E-state index is 15.3. The second-order valence-electron chi connectivity index (χ2n) is 9.23. The number of alkyl halides is 3. The summed E-state index contributed by atoms with van der Waals surface area (Å²) in [6.45, 7) is 4.13. The van der Waals surface area contributed by atoms with Crippen molar-refractivity contribution >= 4 is 34.7 Å². The number of amides is 2. The van der Waals surface area contributed by atoms with Gasteiger partial charge in [-0.2, -0.15) is 18.3 Å². The summed E-state index contributed by atoms with van der Waals surface area (Å²) in [4.78, 5) is 34.9. The van der Waals surface area contributed by atoms with Gasteiger partial charge in [0.2, 0.25) is 0 Å². The van der Waals surface area contributed by atoms with E-state index in [9.17, 15) is 22.8 Å². The summed E-state index contributed by atoms with van der Waals surface area (Å²) in [6, 6.07) is 5.85. The molecule has 4 heterocycles. The van der Waals surface area contributed by atoms with E-state index >= 15 is 4.39 Å². The fourth-order valence-electron chi connectivity index (χ4n) is 4.66. The van der Waals surface area contributed by atoms with Gasteiger partial charge in [-0.3, -0.25) is 15.0 Å². The molecule has 1 aliphatic heterocycles. The summed E-state index contributed by atoms with van der Waals surface area (Å²) in [6.07, 6.45) is -3.43. The van der Waals surface area contributed by atoms with Crippen molar-refractivity contribution in [2.24, 2.45) is 0 Å². The molecule has 0 unspecified atom stereocenters. The minimum atomic E-state index is -4.70. The van der Waals surface area contributed by atoms with Crippen LogP contribution < -0.4 is 16.4 Å². The number of ketones is 1. The Hall–Kier alpha value is -4.63. The number of nitrogens with one attached hydrogen (secondary N) is 2. The average Bonchev–Trinajstić information content (AvgIpc) is 3.25. The van der Waals surface area contributed by atoms with E-state index in [1.165, 1.54) is 29.9 Å². The molecule has 214 valence electrons. The molecule has 0 atom stereocenters. The van der Waals surface area contributed by atoms with Gasteiger partial charge < -0.3 is 15.8 Å². The number of nitrogens with two attached hydrogens (primary N) is 1. The van der Waals surface area contributed by atoms with Crippen LogP contribution in [0.1, 0.15) is 28.7 Å². The molecule has 0 spiro atoms. The molecule has 0 bridgehead atoms. The number of nitrogen functional groups attached to an aromatic ring is 1. The molecule has 0 aliphatic carbocycles. The molecule has 1 fully saturated rings. The molecule has 15 heteroatoms. The Bertz CT molecular complexity index is 1630. The molecule has 41 heavy (non-hydrogen) atoms. The molecule has 1 aliphatic rings. The standard InChI is InChI=1S/C26H24F4N8O3/c1-14(39)21-18(12-37-7-9-41-10-8-37)38-23(24(31)32-13-33-38)22(21)15-5-6-17(16(27)11-15)34-25(40)36-20-4-2-3-19(35-20)26(28,29)30/h2-6,11,13H,7-10,12H2,1H3,(H2,31,32,33)(H2,34,35,36,40). The zero-order valence-electron chi connectivity index (χ0n) is 21.6. The highest BCUT2D eigenvalue weighted by Gasteiger charge is 2.32. The van der Waals surface area contributed by atoms with E-state index in [0.29, 0.717) is 55.2 Å². The molecule has 2 amide bonds. The van der Waals surface area contributed by atoms with E-state index in [4.69, 9.17) is 10.5 Å². The van der Waals surface area contributed by atoms with Crippen LogP contribution >= 0.6 is 0 Å². The number of nitrogens with zero attached hydrogens (tertiary/aromatic N) is 5. The Kier molecular flexibility index (Phi) is 7.55. The van der Waals surface area contributed by atoms with Gasteiger partial charge in [-0.25, -0.2) is 23.7 Å². The number of morpholine rings is 1. The first-order valence-electron chi connectivity index (χ1n) is 12.4. The molecule has 0 saturated carbocycles. The molecular weight excluding hydrogens is 548 g/mol. The second-order valence-corrected chi connectivity index (χ2v) is 9.23. The minimum Gasteiger partial charge on any atom is -0.382 e. The number of anilines is 3. The van der Waals surface area contributed by atoms with Crippen LogP contribution in [0.25, 0.3) is 16.6 Å². The number of ether oxygens (including phenoxy) is 1. The molecular formula is C26H24F4N8O3. The molecule has 5 rings (SSSR count). The summed E-state index contributed by atoms with van der Waals surface area (Å²) in [5.41, 5.74) is 6.56. The van der Waals surface area contributed by atoms with Gasteiger partial charge in [0.25, 0.3) is 0 Å². The third kappa shape index (κ3) is 5.81. The predicted molar refractivity (Wildman–Crippen MR) is 141 cm³/mol. The number of fused-ring (bicyclic) bond motifs is 1. The lowest BCUT2D eigenvalue weighted by atomic mass is 9.98. The number of hydrogen-bond donors (Lipinski definition) is 3. The summed E-state index contributed by atoms with van der Waals surface area (Å²) >= 11 is 0. The zero-order valence-corrected chi connectivity index (χ0v) is 21.6. The third-order valence-electron chi connectivity index (χ3n) is 6.47. The van der Waals surface area contributed by atoms with Crippen molar-refractivity contribution in [3.05, 3.63) is 65.5 Å². The predicted octanol–water partition coefficient (Wildman–Crippen LogP) is 4.21. The van der Waals surface area contributed by atoms with E-state index < -0.39 is 23.7 Å². The third-order valence-corrected chi connectivity index (χ3v) is 6.47. The van der Waals surface area contributed by atoms with Crippen LogP contribution in [0.4, 0.5) is 39.7 Å². The Balaban J connectivity index is 1.47. The van der Waals surface area contributed by atoms with Gasteiger partial charge in [-0.05, 0) is 36.8 Å². The van der Waals surface area contributed by atoms with Gasteiger partial charge >= 0.3 is 12.2 Å². The average molecular weight is 573 g/mol. The van der Waals surface area contributed by atoms with Crippen LogP contribution in [0.15, 0.2) is 42.7 Å². The first-order chi connectivity index (χ1) is 19.5. The molecule has 4 aromatic rings. The Morgan fingerprint density at radius 3 is 2.56 bits per heavy atom. The maximum atomic E-state index is 15.3. The van der Waals surface area contributed by atoms with Crippen molar-refractivity contribution < 1.29 is 31.9 Å². The lowest BCUT2D eigenvalue weighted by molar-refractivity contribution is -0.141. The molecule has 1 aromatic carbocycles. The Morgan fingerprint density at radius 2 is 1.88 bits per heavy atom. The van der Waals surface area contributed by atoms with Gasteiger partial charge in [0.05, 0.1) is 30.2 Å². The topological polar surface area (TPSA) is 140 Å². The zero-order chi connectivity index (χ0) is 29.3. The Labute approximate surface area is 230 Å². The lowest BCUT2D eigenvalue weighted by Crippen LogP contribution is -2.36. The highest BCUT2D eigenvalue weighted by molar-refractivity contribution is 6.08. The normalized spacial score (nSPS) is 14.3. The highest BCUT2D eigenvalue weighted by Crippen LogP contribution is 2.37. The van der Waals surface area contributed by atoms with Crippen LogP contribution in [0.5, 0.6) is 0 Å². The number of pyridine rings is 1. The van der Waals surface area contributed by atoms with E-state index in [2.05, 4.69) is 30.6 Å².